The minimum absolute atomic E-state index is 0.0715. The van der Waals surface area contributed by atoms with Crippen molar-refractivity contribution in [2.24, 2.45) is 0 Å². The summed E-state index contributed by atoms with van der Waals surface area (Å²) in [5, 5.41) is 8.27. The number of hydrogen-bond donors (Lipinski definition) is 0. The molecule has 0 bridgehead atoms. The Morgan fingerprint density at radius 3 is 2.74 bits per heavy atom. The van der Waals surface area contributed by atoms with Crippen LogP contribution in [0.1, 0.15) is 16.4 Å². The van der Waals surface area contributed by atoms with Gasteiger partial charge in [0, 0.05) is 31.7 Å². The van der Waals surface area contributed by atoms with Crippen molar-refractivity contribution in [2.75, 3.05) is 33.3 Å². The van der Waals surface area contributed by atoms with Crippen LogP contribution in [0.2, 0.25) is 0 Å². The zero-order chi connectivity index (χ0) is 18.6. The van der Waals surface area contributed by atoms with E-state index in [-0.39, 0.29) is 5.91 Å². The van der Waals surface area contributed by atoms with E-state index >= 15 is 0 Å². The van der Waals surface area contributed by atoms with E-state index in [2.05, 4.69) is 15.1 Å². The van der Waals surface area contributed by atoms with Gasteiger partial charge in [-0.05, 0) is 30.3 Å². The molecular formula is C19H20N4O4. The number of aromatic nitrogens is 2. The first kappa shape index (κ1) is 17.3. The van der Waals surface area contributed by atoms with Gasteiger partial charge in [0.05, 0.1) is 19.9 Å². The summed E-state index contributed by atoms with van der Waals surface area (Å²) in [6.07, 6.45) is 1.51. The number of rotatable bonds is 5. The van der Waals surface area contributed by atoms with Crippen LogP contribution in [0.3, 0.4) is 0 Å². The van der Waals surface area contributed by atoms with Crippen molar-refractivity contribution in [2.45, 2.75) is 6.54 Å². The summed E-state index contributed by atoms with van der Waals surface area (Å²) < 4.78 is 16.2. The number of carbonyl (C=O) groups is 1. The molecule has 27 heavy (non-hydrogen) atoms. The van der Waals surface area contributed by atoms with Gasteiger partial charge >= 0.3 is 0 Å². The number of hydrogen-bond acceptors (Lipinski definition) is 7. The number of benzene rings is 1. The van der Waals surface area contributed by atoms with Gasteiger partial charge in [-0.15, -0.1) is 10.2 Å². The van der Waals surface area contributed by atoms with E-state index in [0.717, 1.165) is 24.4 Å². The topological polar surface area (TPSA) is 84.8 Å². The normalized spacial score (nSPS) is 15.1. The van der Waals surface area contributed by atoms with Gasteiger partial charge < -0.3 is 18.5 Å². The Hall–Kier alpha value is -3.13. The third kappa shape index (κ3) is 3.85. The monoisotopic (exact) mass is 368 g/mol. The molecule has 0 spiro atoms. The fraction of sp³-hybridized carbons (Fsp3) is 0.316. The third-order valence-electron chi connectivity index (χ3n) is 4.53. The molecule has 1 aliphatic heterocycles. The lowest BCUT2D eigenvalue weighted by Gasteiger charge is -2.33. The zero-order valence-corrected chi connectivity index (χ0v) is 15.0. The van der Waals surface area contributed by atoms with E-state index in [0.29, 0.717) is 37.2 Å². The highest BCUT2D eigenvalue weighted by Gasteiger charge is 2.24. The lowest BCUT2D eigenvalue weighted by atomic mass is 10.2. The van der Waals surface area contributed by atoms with E-state index < -0.39 is 0 Å². The van der Waals surface area contributed by atoms with Crippen molar-refractivity contribution in [3.63, 3.8) is 0 Å². The molecular weight excluding hydrogens is 348 g/mol. The summed E-state index contributed by atoms with van der Waals surface area (Å²) in [6, 6.07) is 10.9. The van der Waals surface area contributed by atoms with Crippen molar-refractivity contribution in [3.8, 4) is 17.2 Å². The highest BCUT2D eigenvalue weighted by Crippen LogP contribution is 2.23. The van der Waals surface area contributed by atoms with E-state index in [9.17, 15) is 4.79 Å². The van der Waals surface area contributed by atoms with Crippen molar-refractivity contribution < 1.29 is 18.4 Å². The van der Waals surface area contributed by atoms with Gasteiger partial charge in [-0.25, -0.2) is 0 Å². The number of nitrogens with zero attached hydrogens (tertiary/aromatic N) is 4. The first-order valence-corrected chi connectivity index (χ1v) is 8.75. The SMILES string of the molecule is COc1cccc(-c2nnc(CN3CCN(C(=O)c4ccco4)CC3)o2)c1. The molecule has 8 nitrogen and oxygen atoms in total. The second-order valence-electron chi connectivity index (χ2n) is 6.28. The van der Waals surface area contributed by atoms with Gasteiger partial charge in [0.1, 0.15) is 5.75 Å². The minimum atomic E-state index is -0.0715. The molecule has 0 saturated carbocycles. The van der Waals surface area contributed by atoms with Crippen LogP contribution in [-0.4, -0.2) is 59.2 Å². The maximum Gasteiger partial charge on any atom is 0.289 e. The van der Waals surface area contributed by atoms with Crippen molar-refractivity contribution in [3.05, 3.63) is 54.3 Å². The lowest BCUT2D eigenvalue weighted by molar-refractivity contribution is 0.0588. The van der Waals surface area contributed by atoms with Gasteiger partial charge in [0.2, 0.25) is 11.8 Å². The average Bonchev–Trinajstić information content (AvgIpc) is 3.40. The van der Waals surface area contributed by atoms with E-state index in [1.807, 2.05) is 24.3 Å². The van der Waals surface area contributed by atoms with Crippen LogP contribution in [0.15, 0.2) is 51.5 Å². The largest absolute Gasteiger partial charge is 0.497 e. The highest BCUT2D eigenvalue weighted by atomic mass is 16.5. The summed E-state index contributed by atoms with van der Waals surface area (Å²) in [6.45, 7) is 3.30. The maximum absolute atomic E-state index is 12.3. The molecule has 1 amide bonds. The Bertz CT molecular complexity index is 898. The van der Waals surface area contributed by atoms with E-state index in [1.165, 1.54) is 6.26 Å². The van der Waals surface area contributed by atoms with Gasteiger partial charge in [0.15, 0.2) is 5.76 Å². The minimum Gasteiger partial charge on any atom is -0.497 e. The Kier molecular flexibility index (Phi) is 4.88. The fourth-order valence-corrected chi connectivity index (χ4v) is 3.05. The summed E-state index contributed by atoms with van der Waals surface area (Å²) >= 11 is 0. The molecule has 140 valence electrons. The predicted octanol–water partition coefficient (Wildman–Crippen LogP) is 2.30. The standard InChI is InChI=1S/C19H20N4O4/c1-25-15-5-2-4-14(12-15)18-21-20-17(27-18)13-22-7-9-23(10-8-22)19(24)16-6-3-11-26-16/h2-6,11-12H,7-10,13H2,1H3. The highest BCUT2D eigenvalue weighted by molar-refractivity contribution is 5.91. The van der Waals surface area contributed by atoms with Gasteiger partial charge in [-0.1, -0.05) is 6.07 Å². The Morgan fingerprint density at radius 1 is 1.15 bits per heavy atom. The summed E-state index contributed by atoms with van der Waals surface area (Å²) in [5.74, 6) is 2.07. The Morgan fingerprint density at radius 2 is 2.00 bits per heavy atom. The van der Waals surface area contributed by atoms with Crippen molar-refractivity contribution >= 4 is 5.91 Å². The van der Waals surface area contributed by atoms with Crippen LogP contribution in [0.25, 0.3) is 11.5 Å². The molecule has 1 saturated heterocycles. The average molecular weight is 368 g/mol. The second kappa shape index (κ2) is 7.63. The number of ether oxygens (including phenoxy) is 1. The fourth-order valence-electron chi connectivity index (χ4n) is 3.05. The molecule has 1 fully saturated rings. The number of amides is 1. The molecule has 0 unspecified atom stereocenters. The predicted molar refractivity (Wildman–Crippen MR) is 96.2 cm³/mol. The molecule has 0 atom stereocenters. The molecule has 1 aromatic carbocycles. The van der Waals surface area contributed by atoms with Crippen LogP contribution in [0.5, 0.6) is 5.75 Å². The molecule has 0 aliphatic carbocycles. The second-order valence-corrected chi connectivity index (χ2v) is 6.28. The Labute approximate surface area is 156 Å². The summed E-state index contributed by atoms with van der Waals surface area (Å²) in [5.41, 5.74) is 0.821. The number of piperazine rings is 1. The van der Waals surface area contributed by atoms with Crippen LogP contribution < -0.4 is 4.74 Å². The molecule has 1 aliphatic rings. The first-order chi connectivity index (χ1) is 13.2. The molecule has 0 N–H and O–H groups in total. The number of carbonyl (C=O) groups excluding carboxylic acids is 1. The summed E-state index contributed by atoms with van der Waals surface area (Å²) in [7, 11) is 1.62. The third-order valence-corrected chi connectivity index (χ3v) is 4.53. The van der Waals surface area contributed by atoms with Crippen molar-refractivity contribution in [1.29, 1.82) is 0 Å². The van der Waals surface area contributed by atoms with E-state index in [1.54, 1.807) is 24.1 Å². The smallest absolute Gasteiger partial charge is 0.289 e. The first-order valence-electron chi connectivity index (χ1n) is 8.75. The van der Waals surface area contributed by atoms with Crippen LogP contribution in [-0.2, 0) is 6.54 Å². The number of methoxy groups -OCH3 is 1. The Balaban J connectivity index is 1.34. The maximum atomic E-state index is 12.3. The lowest BCUT2D eigenvalue weighted by Crippen LogP contribution is -2.48. The van der Waals surface area contributed by atoms with Gasteiger partial charge in [0.25, 0.3) is 5.91 Å². The van der Waals surface area contributed by atoms with E-state index in [4.69, 9.17) is 13.6 Å². The number of furan rings is 1. The van der Waals surface area contributed by atoms with Crippen LogP contribution >= 0.6 is 0 Å². The molecule has 0 radical (unpaired) electrons. The molecule has 2 aromatic heterocycles. The zero-order valence-electron chi connectivity index (χ0n) is 15.0. The van der Waals surface area contributed by atoms with Crippen molar-refractivity contribution in [1.82, 2.24) is 20.0 Å². The quantitative estimate of drug-likeness (QED) is 0.683. The summed E-state index contributed by atoms with van der Waals surface area (Å²) in [4.78, 5) is 16.3. The van der Waals surface area contributed by atoms with Gasteiger partial charge in [-0.3, -0.25) is 9.69 Å². The molecule has 4 rings (SSSR count). The van der Waals surface area contributed by atoms with Gasteiger partial charge in [-0.2, -0.15) is 0 Å². The van der Waals surface area contributed by atoms with Crippen LogP contribution in [0.4, 0.5) is 0 Å². The molecule has 3 heterocycles. The molecule has 3 aromatic rings. The van der Waals surface area contributed by atoms with Crippen LogP contribution in [0, 0.1) is 0 Å². The molecule has 8 heteroatoms.